The summed E-state index contributed by atoms with van der Waals surface area (Å²) in [6.07, 6.45) is -2.24. The Kier molecular flexibility index (Phi) is 5.07. The van der Waals surface area contributed by atoms with Gasteiger partial charge in [-0.3, -0.25) is 9.89 Å². The number of esters is 1. The van der Waals surface area contributed by atoms with Gasteiger partial charge in [0.05, 0.1) is 13.2 Å². The van der Waals surface area contributed by atoms with Gasteiger partial charge in [0.1, 0.15) is 5.82 Å². The molecule has 0 aromatic carbocycles. The van der Waals surface area contributed by atoms with Crippen molar-refractivity contribution in [2.45, 2.75) is 52.4 Å². The fourth-order valence-electron chi connectivity index (χ4n) is 4.10. The zero-order valence-electron chi connectivity index (χ0n) is 16.7. The van der Waals surface area contributed by atoms with Gasteiger partial charge in [-0.2, -0.15) is 18.3 Å². The number of nitrogens with zero attached hydrogens (tertiary/aromatic N) is 4. The first kappa shape index (κ1) is 20.4. The second-order valence-corrected chi connectivity index (χ2v) is 7.70. The number of hydrogen-bond donors (Lipinski definition) is 1. The molecular formula is C19H22F3N5O3. The van der Waals surface area contributed by atoms with Crippen LogP contribution in [0.1, 0.15) is 64.0 Å². The molecule has 0 radical (unpaired) electrons. The Morgan fingerprint density at radius 2 is 2.07 bits per heavy atom. The molecule has 0 saturated carbocycles. The molecule has 8 nitrogen and oxygen atoms in total. The van der Waals surface area contributed by atoms with Gasteiger partial charge in [0.25, 0.3) is 5.91 Å². The fraction of sp³-hybridized carbons (Fsp3) is 0.579. The second kappa shape index (κ2) is 7.44. The normalized spacial score (nSPS) is 18.7. The maximum absolute atomic E-state index is 13.5. The first-order valence-corrected chi connectivity index (χ1v) is 9.89. The van der Waals surface area contributed by atoms with Crippen LogP contribution in [0.4, 0.5) is 13.2 Å². The van der Waals surface area contributed by atoms with Crippen LogP contribution in [0.2, 0.25) is 0 Å². The molecule has 3 heterocycles. The van der Waals surface area contributed by atoms with Crippen molar-refractivity contribution in [2.24, 2.45) is 5.92 Å². The van der Waals surface area contributed by atoms with Crippen LogP contribution in [0.15, 0.2) is 0 Å². The third-order valence-corrected chi connectivity index (χ3v) is 5.59. The molecule has 2 aliphatic rings. The summed E-state index contributed by atoms with van der Waals surface area (Å²) >= 11 is 0. The number of imidazole rings is 1. The summed E-state index contributed by atoms with van der Waals surface area (Å²) in [6.45, 7) is 3.59. The number of carbonyl (C=O) groups excluding carboxylic acids is 2. The van der Waals surface area contributed by atoms with E-state index in [2.05, 4.69) is 22.1 Å². The Labute approximate surface area is 170 Å². The van der Waals surface area contributed by atoms with Crippen molar-refractivity contribution >= 4 is 11.9 Å². The third kappa shape index (κ3) is 3.46. The van der Waals surface area contributed by atoms with Crippen molar-refractivity contribution in [3.05, 3.63) is 34.2 Å². The van der Waals surface area contributed by atoms with Gasteiger partial charge >= 0.3 is 12.1 Å². The standard InChI is InChI=1S/C19H22F3N5O3/c1-3-30-18(29)15-16(19(20,21)22)23-13-9-26(6-7-27(13)15)17(28)14-11-8-10(2)4-5-12(11)24-25-14/h10H,3-9H2,1-2H3,(H,24,25). The van der Waals surface area contributed by atoms with Gasteiger partial charge in [-0.1, -0.05) is 6.92 Å². The van der Waals surface area contributed by atoms with E-state index in [0.717, 1.165) is 30.5 Å². The van der Waals surface area contributed by atoms with Crippen molar-refractivity contribution in [1.82, 2.24) is 24.6 Å². The Morgan fingerprint density at radius 1 is 1.30 bits per heavy atom. The number of alkyl halides is 3. The summed E-state index contributed by atoms with van der Waals surface area (Å²) in [5, 5.41) is 7.10. The number of aromatic amines is 1. The number of halogens is 3. The predicted molar refractivity (Wildman–Crippen MR) is 97.7 cm³/mol. The predicted octanol–water partition coefficient (Wildman–Crippen LogP) is 2.58. The van der Waals surface area contributed by atoms with E-state index >= 15 is 0 Å². The Morgan fingerprint density at radius 3 is 2.77 bits per heavy atom. The van der Waals surface area contributed by atoms with Crippen molar-refractivity contribution in [3.63, 3.8) is 0 Å². The van der Waals surface area contributed by atoms with Crippen LogP contribution in [0.5, 0.6) is 0 Å². The van der Waals surface area contributed by atoms with Crippen LogP contribution in [0.25, 0.3) is 0 Å². The largest absolute Gasteiger partial charge is 0.461 e. The Hall–Kier alpha value is -2.85. The van der Waals surface area contributed by atoms with Gasteiger partial charge in [-0.25, -0.2) is 9.78 Å². The maximum atomic E-state index is 13.5. The van der Waals surface area contributed by atoms with Crippen molar-refractivity contribution in [2.75, 3.05) is 13.2 Å². The summed E-state index contributed by atoms with van der Waals surface area (Å²) < 4.78 is 46.4. The molecule has 1 aliphatic carbocycles. The highest BCUT2D eigenvalue weighted by Crippen LogP contribution is 2.34. The molecule has 0 fully saturated rings. The highest BCUT2D eigenvalue weighted by Gasteiger charge is 2.43. The number of aryl methyl sites for hydroxylation is 1. The van der Waals surface area contributed by atoms with E-state index in [1.165, 1.54) is 16.4 Å². The molecule has 2 aromatic heterocycles. The summed E-state index contributed by atoms with van der Waals surface area (Å²) in [5.41, 5.74) is 0.252. The maximum Gasteiger partial charge on any atom is 0.435 e. The quantitative estimate of drug-likeness (QED) is 0.763. The van der Waals surface area contributed by atoms with Crippen LogP contribution in [0, 0.1) is 5.92 Å². The van der Waals surface area contributed by atoms with E-state index in [0.29, 0.717) is 11.6 Å². The zero-order valence-corrected chi connectivity index (χ0v) is 16.7. The molecule has 1 amide bonds. The monoisotopic (exact) mass is 425 g/mol. The fourth-order valence-corrected chi connectivity index (χ4v) is 4.10. The lowest BCUT2D eigenvalue weighted by atomic mass is 9.87. The van der Waals surface area contributed by atoms with E-state index in [-0.39, 0.29) is 38.0 Å². The second-order valence-electron chi connectivity index (χ2n) is 7.70. The highest BCUT2D eigenvalue weighted by molar-refractivity contribution is 5.94. The minimum absolute atomic E-state index is 0.00255. The highest BCUT2D eigenvalue weighted by atomic mass is 19.4. The van der Waals surface area contributed by atoms with Gasteiger partial charge in [0.2, 0.25) is 0 Å². The number of amides is 1. The molecule has 0 spiro atoms. The molecule has 1 N–H and O–H groups in total. The summed E-state index contributed by atoms with van der Waals surface area (Å²) in [7, 11) is 0. The first-order chi connectivity index (χ1) is 14.2. The van der Waals surface area contributed by atoms with E-state index in [9.17, 15) is 22.8 Å². The molecule has 2 aromatic rings. The van der Waals surface area contributed by atoms with E-state index in [4.69, 9.17) is 4.74 Å². The van der Waals surface area contributed by atoms with E-state index in [1.807, 2.05) is 0 Å². The number of ether oxygens (including phenoxy) is 1. The van der Waals surface area contributed by atoms with Crippen molar-refractivity contribution in [1.29, 1.82) is 0 Å². The number of carbonyl (C=O) groups is 2. The van der Waals surface area contributed by atoms with Crippen molar-refractivity contribution in [3.8, 4) is 0 Å². The number of rotatable bonds is 3. The Bertz CT molecular complexity index is 994. The molecule has 0 saturated heterocycles. The van der Waals surface area contributed by atoms with Gasteiger partial charge in [0.15, 0.2) is 17.1 Å². The average Bonchev–Trinajstić information content (AvgIpc) is 3.28. The van der Waals surface area contributed by atoms with Gasteiger partial charge in [-0.05, 0) is 32.1 Å². The number of hydrogen-bond acceptors (Lipinski definition) is 5. The molecule has 30 heavy (non-hydrogen) atoms. The molecular weight excluding hydrogens is 403 g/mol. The molecule has 1 unspecified atom stereocenters. The van der Waals surface area contributed by atoms with Gasteiger partial charge in [-0.15, -0.1) is 0 Å². The summed E-state index contributed by atoms with van der Waals surface area (Å²) in [4.78, 5) is 30.3. The molecule has 0 bridgehead atoms. The number of nitrogens with one attached hydrogen (secondary N) is 1. The van der Waals surface area contributed by atoms with Crippen LogP contribution >= 0.6 is 0 Å². The minimum Gasteiger partial charge on any atom is -0.461 e. The van der Waals surface area contributed by atoms with Gasteiger partial charge in [0, 0.05) is 24.3 Å². The third-order valence-electron chi connectivity index (χ3n) is 5.59. The minimum atomic E-state index is -4.81. The summed E-state index contributed by atoms with van der Waals surface area (Å²) in [6, 6.07) is 0. The SMILES string of the molecule is CCOC(=O)c1c(C(F)(F)F)nc2n1CCN(C(=O)c1n[nH]c3c1CC(C)CC3)C2. The van der Waals surface area contributed by atoms with Crippen LogP contribution < -0.4 is 0 Å². The number of aromatic nitrogens is 4. The lowest BCUT2D eigenvalue weighted by Crippen LogP contribution is -2.39. The number of H-pyrrole nitrogens is 1. The zero-order chi connectivity index (χ0) is 21.6. The smallest absolute Gasteiger partial charge is 0.435 e. The van der Waals surface area contributed by atoms with Crippen LogP contribution in [0.3, 0.4) is 0 Å². The Balaban J connectivity index is 1.64. The molecule has 11 heteroatoms. The molecule has 1 atom stereocenters. The lowest BCUT2D eigenvalue weighted by Gasteiger charge is -2.28. The number of fused-ring (bicyclic) bond motifs is 2. The van der Waals surface area contributed by atoms with Crippen LogP contribution in [-0.4, -0.2) is 49.7 Å². The van der Waals surface area contributed by atoms with Gasteiger partial charge < -0.3 is 14.2 Å². The van der Waals surface area contributed by atoms with Crippen LogP contribution in [-0.2, 0) is 36.8 Å². The van der Waals surface area contributed by atoms with E-state index < -0.39 is 23.5 Å². The van der Waals surface area contributed by atoms with E-state index in [1.54, 1.807) is 0 Å². The molecule has 4 rings (SSSR count). The summed E-state index contributed by atoms with van der Waals surface area (Å²) in [5.74, 6) is -0.980. The topological polar surface area (TPSA) is 93.1 Å². The van der Waals surface area contributed by atoms with Crippen molar-refractivity contribution < 1.29 is 27.5 Å². The molecule has 162 valence electrons. The lowest BCUT2D eigenvalue weighted by molar-refractivity contribution is -0.141. The average molecular weight is 425 g/mol. The first-order valence-electron chi connectivity index (χ1n) is 9.89. The molecule has 1 aliphatic heterocycles.